The molecule has 1 saturated heterocycles. The van der Waals surface area contributed by atoms with Crippen LogP contribution >= 0.6 is 0 Å². The minimum absolute atomic E-state index is 0.0724. The second kappa shape index (κ2) is 8.97. The Labute approximate surface area is 175 Å². The minimum atomic E-state index is -0.627. The molecule has 0 unspecified atom stereocenters. The molecule has 1 amide bonds. The third-order valence-electron chi connectivity index (χ3n) is 5.45. The van der Waals surface area contributed by atoms with Crippen molar-refractivity contribution in [3.63, 3.8) is 0 Å². The number of carbonyl (C=O) groups is 1. The van der Waals surface area contributed by atoms with Crippen LogP contribution in [0.3, 0.4) is 0 Å². The van der Waals surface area contributed by atoms with Crippen LogP contribution in [0.5, 0.6) is 5.75 Å². The van der Waals surface area contributed by atoms with E-state index in [9.17, 15) is 9.59 Å². The second-order valence-electron chi connectivity index (χ2n) is 7.39. The molecular weight excluding hydrogens is 380 g/mol. The number of ether oxygens (including phenoxy) is 1. The van der Waals surface area contributed by atoms with Gasteiger partial charge in [-0.15, -0.1) is 0 Å². The number of amides is 1. The van der Waals surface area contributed by atoms with E-state index in [4.69, 9.17) is 9.15 Å². The number of benzene rings is 2. The van der Waals surface area contributed by atoms with E-state index in [1.54, 1.807) is 29.2 Å². The highest BCUT2D eigenvalue weighted by atomic mass is 16.5. The smallest absolute Gasteiger partial charge is 0.349 e. The molecule has 4 rings (SSSR count). The molecule has 0 saturated carbocycles. The number of piperazine rings is 1. The third-order valence-corrected chi connectivity index (χ3v) is 5.45. The summed E-state index contributed by atoms with van der Waals surface area (Å²) in [6.45, 7) is 3.83. The zero-order valence-electron chi connectivity index (χ0n) is 17.0. The zero-order chi connectivity index (χ0) is 20.9. The summed E-state index contributed by atoms with van der Waals surface area (Å²) in [7, 11) is 1.52. The molecule has 3 aromatic rings. The molecule has 1 aliphatic rings. The van der Waals surface area contributed by atoms with Crippen LogP contribution in [0, 0.1) is 0 Å². The van der Waals surface area contributed by atoms with Crippen LogP contribution < -0.4 is 15.3 Å². The fourth-order valence-corrected chi connectivity index (χ4v) is 3.75. The van der Waals surface area contributed by atoms with E-state index in [2.05, 4.69) is 24.3 Å². The predicted molar refractivity (Wildman–Crippen MR) is 116 cm³/mol. The van der Waals surface area contributed by atoms with Crippen molar-refractivity contribution >= 4 is 23.0 Å². The van der Waals surface area contributed by atoms with E-state index in [1.807, 2.05) is 18.2 Å². The molecule has 154 valence electrons. The van der Waals surface area contributed by atoms with Crippen LogP contribution in [-0.2, 0) is 0 Å². The summed E-state index contributed by atoms with van der Waals surface area (Å²) < 4.78 is 10.6. The normalized spacial score (nSPS) is 15.0. The summed E-state index contributed by atoms with van der Waals surface area (Å²) in [6.07, 6.45) is 4.30. The summed E-state index contributed by atoms with van der Waals surface area (Å²) in [5.74, 6) is 0.205. The zero-order valence-corrected chi connectivity index (χ0v) is 17.0. The molecule has 30 heavy (non-hydrogen) atoms. The minimum Gasteiger partial charge on any atom is -0.493 e. The van der Waals surface area contributed by atoms with Crippen LogP contribution in [-0.4, -0.2) is 50.6 Å². The number of rotatable bonds is 5. The van der Waals surface area contributed by atoms with Gasteiger partial charge in [-0.25, -0.2) is 4.79 Å². The first-order valence-corrected chi connectivity index (χ1v) is 10.1. The quantitative estimate of drug-likeness (QED) is 0.658. The van der Waals surface area contributed by atoms with Gasteiger partial charge in [0.1, 0.15) is 5.56 Å². The summed E-state index contributed by atoms with van der Waals surface area (Å²) in [5.41, 5.74) is 0.993. The number of quaternary nitrogens is 1. The van der Waals surface area contributed by atoms with E-state index in [-0.39, 0.29) is 11.5 Å². The largest absolute Gasteiger partial charge is 0.493 e. The lowest BCUT2D eigenvalue weighted by molar-refractivity contribution is -0.898. The van der Waals surface area contributed by atoms with Gasteiger partial charge < -0.3 is 19.0 Å². The Balaban J connectivity index is 1.40. The first-order valence-electron chi connectivity index (χ1n) is 10.1. The van der Waals surface area contributed by atoms with E-state index < -0.39 is 5.63 Å². The molecule has 2 aromatic carbocycles. The van der Waals surface area contributed by atoms with E-state index in [1.165, 1.54) is 17.6 Å². The van der Waals surface area contributed by atoms with Crippen LogP contribution in [0.1, 0.15) is 15.9 Å². The fraction of sp³-hybridized carbons (Fsp3) is 0.250. The monoisotopic (exact) mass is 405 g/mol. The average molecular weight is 405 g/mol. The van der Waals surface area contributed by atoms with Gasteiger partial charge in [0.25, 0.3) is 5.91 Å². The molecule has 0 radical (unpaired) electrons. The van der Waals surface area contributed by atoms with Gasteiger partial charge in [0.15, 0.2) is 11.3 Å². The Morgan fingerprint density at radius 3 is 2.63 bits per heavy atom. The van der Waals surface area contributed by atoms with Crippen molar-refractivity contribution in [2.24, 2.45) is 0 Å². The Hall–Kier alpha value is -3.38. The van der Waals surface area contributed by atoms with E-state index in [0.29, 0.717) is 29.8 Å². The molecule has 1 aliphatic heterocycles. The van der Waals surface area contributed by atoms with Crippen LogP contribution in [0.4, 0.5) is 0 Å². The molecule has 2 heterocycles. The van der Waals surface area contributed by atoms with Crippen LogP contribution in [0.15, 0.2) is 69.9 Å². The van der Waals surface area contributed by atoms with Crippen molar-refractivity contribution in [2.75, 3.05) is 39.8 Å². The number of methoxy groups -OCH3 is 1. The summed E-state index contributed by atoms with van der Waals surface area (Å²) in [6, 6.07) is 17.1. The molecule has 0 spiro atoms. The highest BCUT2D eigenvalue weighted by Gasteiger charge is 2.26. The second-order valence-corrected chi connectivity index (χ2v) is 7.39. The maximum Gasteiger partial charge on any atom is 0.349 e. The number of hydrogen-bond donors (Lipinski definition) is 1. The molecule has 1 aromatic heterocycles. The van der Waals surface area contributed by atoms with Crippen molar-refractivity contribution in [2.45, 2.75) is 0 Å². The van der Waals surface area contributed by atoms with Crippen molar-refractivity contribution in [3.05, 3.63) is 82.2 Å². The van der Waals surface area contributed by atoms with Gasteiger partial charge in [0.2, 0.25) is 0 Å². The molecule has 6 nitrogen and oxygen atoms in total. The summed E-state index contributed by atoms with van der Waals surface area (Å²) in [4.78, 5) is 28.5. The molecule has 0 aliphatic carbocycles. The summed E-state index contributed by atoms with van der Waals surface area (Å²) >= 11 is 0. The Bertz CT molecular complexity index is 1110. The maximum atomic E-state index is 12.9. The number of hydrogen-bond acceptors (Lipinski definition) is 4. The van der Waals surface area contributed by atoms with Gasteiger partial charge in [0, 0.05) is 5.39 Å². The number of para-hydroxylation sites is 1. The van der Waals surface area contributed by atoms with Gasteiger partial charge in [-0.3, -0.25) is 4.79 Å². The van der Waals surface area contributed by atoms with Gasteiger partial charge in [0.05, 0.1) is 39.8 Å². The highest BCUT2D eigenvalue weighted by Crippen LogP contribution is 2.24. The number of nitrogens with one attached hydrogen (secondary N) is 1. The first-order chi connectivity index (χ1) is 14.7. The van der Waals surface area contributed by atoms with Crippen LogP contribution in [0.2, 0.25) is 0 Å². The Kier molecular flexibility index (Phi) is 5.95. The standard InChI is InChI=1S/C24H24N2O4/c1-29-21-11-5-10-19-17-20(24(28)30-22(19)21)23(27)26-15-13-25(14-16-26)12-6-9-18-7-3-2-4-8-18/h2-11,17H,12-16H2,1H3/p+1/b9-6+. The molecular formula is C24H25N2O4+. The summed E-state index contributed by atoms with van der Waals surface area (Å²) in [5, 5.41) is 0.674. The topological polar surface area (TPSA) is 64.2 Å². The lowest BCUT2D eigenvalue weighted by atomic mass is 10.1. The lowest BCUT2D eigenvalue weighted by Crippen LogP contribution is -3.14. The molecule has 1 fully saturated rings. The maximum absolute atomic E-state index is 12.9. The van der Waals surface area contributed by atoms with Gasteiger partial charge in [-0.05, 0) is 23.8 Å². The average Bonchev–Trinajstić information content (AvgIpc) is 2.79. The van der Waals surface area contributed by atoms with E-state index >= 15 is 0 Å². The van der Waals surface area contributed by atoms with Crippen molar-refractivity contribution in [1.29, 1.82) is 0 Å². The molecule has 6 heteroatoms. The van der Waals surface area contributed by atoms with E-state index in [0.717, 1.165) is 19.6 Å². The lowest BCUT2D eigenvalue weighted by Gasteiger charge is -2.31. The van der Waals surface area contributed by atoms with Gasteiger partial charge >= 0.3 is 5.63 Å². The third kappa shape index (κ3) is 4.28. The Morgan fingerprint density at radius 2 is 1.90 bits per heavy atom. The van der Waals surface area contributed by atoms with Crippen molar-refractivity contribution in [1.82, 2.24) is 4.90 Å². The predicted octanol–water partition coefficient (Wildman–Crippen LogP) is 1.86. The molecule has 1 N–H and O–H groups in total. The number of carbonyl (C=O) groups excluding carboxylic acids is 1. The fourth-order valence-electron chi connectivity index (χ4n) is 3.75. The number of fused-ring (bicyclic) bond motifs is 1. The van der Waals surface area contributed by atoms with Gasteiger partial charge in [-0.2, -0.15) is 0 Å². The molecule has 0 bridgehead atoms. The highest BCUT2D eigenvalue weighted by molar-refractivity contribution is 5.97. The number of nitrogens with zero attached hydrogens (tertiary/aromatic N) is 1. The molecule has 0 atom stereocenters. The van der Waals surface area contributed by atoms with Gasteiger partial charge in [-0.1, -0.05) is 48.5 Å². The first kappa shape index (κ1) is 19.9. The Morgan fingerprint density at radius 1 is 1.13 bits per heavy atom. The van der Waals surface area contributed by atoms with Crippen LogP contribution in [0.25, 0.3) is 17.0 Å². The van der Waals surface area contributed by atoms with Crippen molar-refractivity contribution < 1.29 is 18.8 Å². The van der Waals surface area contributed by atoms with Crippen molar-refractivity contribution in [3.8, 4) is 5.75 Å². The SMILES string of the molecule is COc1cccc2cc(C(=O)N3CC[NH+](C/C=C/c4ccccc4)CC3)c(=O)oc12.